The molecule has 1 N–H and O–H groups in total. The smallest absolute Gasteiger partial charge is 0.291 e. The Morgan fingerprint density at radius 1 is 0.970 bits per heavy atom. The average molecular weight is 447 g/mol. The summed E-state index contributed by atoms with van der Waals surface area (Å²) in [5, 5.41) is 3.19. The summed E-state index contributed by atoms with van der Waals surface area (Å²) in [7, 11) is 0. The number of hydrogen-bond donors (Lipinski definition) is 1. The fraction of sp³-hybridized carbons (Fsp3) is 0.154. The quantitative estimate of drug-likeness (QED) is 0.409. The van der Waals surface area contributed by atoms with Crippen LogP contribution in [0.4, 0.5) is 14.5 Å². The highest BCUT2D eigenvalue weighted by molar-refractivity contribution is 6.14. The first-order chi connectivity index (χ1) is 15.7. The van der Waals surface area contributed by atoms with Crippen LogP contribution in [0.15, 0.2) is 65.1 Å². The lowest BCUT2D eigenvalue weighted by molar-refractivity contribution is 0.0507. The number of anilines is 1. The highest BCUT2D eigenvalue weighted by atomic mass is 19.1. The van der Waals surface area contributed by atoms with Gasteiger partial charge >= 0.3 is 0 Å². The molecule has 1 unspecified atom stereocenters. The van der Waals surface area contributed by atoms with E-state index >= 15 is 0 Å². The van der Waals surface area contributed by atoms with Crippen LogP contribution >= 0.6 is 0 Å². The highest BCUT2D eigenvalue weighted by Crippen LogP contribution is 2.44. The Labute approximate surface area is 188 Å². The summed E-state index contributed by atoms with van der Waals surface area (Å²) in [5.74, 6) is -1.02. The number of carbonyl (C=O) groups excluding carboxylic acids is 2. The molecule has 0 radical (unpaired) electrons. The molecule has 1 amide bonds. The highest BCUT2D eigenvalue weighted by Gasteiger charge is 2.40. The topological polar surface area (TPSA) is 68.5 Å². The van der Waals surface area contributed by atoms with Crippen molar-refractivity contribution in [1.29, 1.82) is 0 Å². The summed E-state index contributed by atoms with van der Waals surface area (Å²) in [6.45, 7) is 3.49. The summed E-state index contributed by atoms with van der Waals surface area (Å²) in [6, 6.07) is 14.5. The van der Waals surface area contributed by atoms with Crippen LogP contribution in [0, 0.1) is 18.6 Å². The molecule has 1 aliphatic heterocycles. The SMILES string of the molecule is Cc1c(C(=O)Nc2ccc(F)cc2)oc2ccc3c(c12)C(=O)CC(C)(c1ccc(F)cc1)O3. The Bertz CT molecular complexity index is 1410. The van der Waals surface area contributed by atoms with E-state index in [9.17, 15) is 18.4 Å². The molecule has 5 nitrogen and oxygen atoms in total. The summed E-state index contributed by atoms with van der Waals surface area (Å²) >= 11 is 0. The normalized spacial score (nSPS) is 17.5. The number of ketones is 1. The Hall–Kier alpha value is -4.00. The fourth-order valence-electron chi connectivity index (χ4n) is 4.26. The summed E-state index contributed by atoms with van der Waals surface area (Å²) in [4.78, 5) is 26.1. The van der Waals surface area contributed by atoms with Crippen molar-refractivity contribution >= 4 is 28.3 Å². The van der Waals surface area contributed by atoms with Gasteiger partial charge in [0, 0.05) is 16.6 Å². The third kappa shape index (κ3) is 3.55. The predicted octanol–water partition coefficient (Wildman–Crippen LogP) is 6.15. The molecule has 4 aromatic rings. The van der Waals surface area contributed by atoms with E-state index in [1.54, 1.807) is 38.1 Å². The molecule has 0 bridgehead atoms. The molecule has 0 spiro atoms. The van der Waals surface area contributed by atoms with Gasteiger partial charge in [-0.1, -0.05) is 12.1 Å². The van der Waals surface area contributed by atoms with E-state index in [-0.39, 0.29) is 23.8 Å². The molecular formula is C26H19F2NO4. The standard InChI is InChI=1S/C26H19F2NO4/c1-14-22-20(32-24(14)25(31)29-18-9-7-17(28)8-10-18)11-12-21-23(22)19(30)13-26(2,33-21)15-3-5-16(27)6-4-15/h3-12H,13H2,1-2H3,(H,29,31). The number of fused-ring (bicyclic) bond motifs is 3. The Morgan fingerprint density at radius 3 is 2.27 bits per heavy atom. The predicted molar refractivity (Wildman–Crippen MR) is 119 cm³/mol. The molecule has 1 atom stereocenters. The molecule has 2 heterocycles. The molecule has 166 valence electrons. The van der Waals surface area contributed by atoms with Crippen LogP contribution in [0.2, 0.25) is 0 Å². The van der Waals surface area contributed by atoms with E-state index in [0.717, 1.165) is 0 Å². The summed E-state index contributed by atoms with van der Waals surface area (Å²) in [5.41, 5.74) is 1.39. The minimum absolute atomic E-state index is 0.0481. The lowest BCUT2D eigenvalue weighted by atomic mass is 9.84. The van der Waals surface area contributed by atoms with Crippen molar-refractivity contribution in [3.05, 3.63) is 94.7 Å². The molecule has 0 saturated carbocycles. The zero-order chi connectivity index (χ0) is 23.3. The van der Waals surface area contributed by atoms with Gasteiger partial charge in [0.1, 0.15) is 28.6 Å². The Kier molecular flexibility index (Phi) is 4.78. The van der Waals surface area contributed by atoms with Crippen molar-refractivity contribution in [3.63, 3.8) is 0 Å². The second kappa shape index (κ2) is 7.55. The van der Waals surface area contributed by atoms with Gasteiger partial charge in [-0.15, -0.1) is 0 Å². The molecule has 7 heteroatoms. The lowest BCUT2D eigenvalue weighted by Crippen LogP contribution is -2.36. The number of ether oxygens (including phenoxy) is 1. The molecule has 3 aromatic carbocycles. The van der Waals surface area contributed by atoms with E-state index < -0.39 is 17.3 Å². The van der Waals surface area contributed by atoms with E-state index in [2.05, 4.69) is 5.32 Å². The number of halogens is 2. The maximum Gasteiger partial charge on any atom is 0.291 e. The van der Waals surface area contributed by atoms with Crippen molar-refractivity contribution in [2.45, 2.75) is 25.9 Å². The van der Waals surface area contributed by atoms with E-state index in [1.807, 2.05) is 0 Å². The number of rotatable bonds is 3. The number of benzene rings is 3. The van der Waals surface area contributed by atoms with Gasteiger partial charge in [0.15, 0.2) is 11.5 Å². The molecule has 0 aliphatic carbocycles. The number of nitrogens with one attached hydrogen (secondary N) is 1. The number of carbonyl (C=O) groups is 2. The van der Waals surface area contributed by atoms with E-state index in [0.29, 0.717) is 39.1 Å². The minimum Gasteiger partial charge on any atom is -0.482 e. The zero-order valence-electron chi connectivity index (χ0n) is 17.9. The summed E-state index contributed by atoms with van der Waals surface area (Å²) in [6.07, 6.45) is 0.0481. The third-order valence-electron chi connectivity index (χ3n) is 5.93. The molecule has 33 heavy (non-hydrogen) atoms. The van der Waals surface area contributed by atoms with E-state index in [1.165, 1.54) is 36.4 Å². The van der Waals surface area contributed by atoms with Crippen LogP contribution in [0.25, 0.3) is 11.0 Å². The van der Waals surface area contributed by atoms with Crippen LogP contribution in [0.3, 0.4) is 0 Å². The summed E-state index contributed by atoms with van der Waals surface area (Å²) < 4.78 is 38.5. The van der Waals surface area contributed by atoms with Crippen LogP contribution < -0.4 is 10.1 Å². The van der Waals surface area contributed by atoms with Crippen LogP contribution in [0.1, 0.15) is 45.4 Å². The van der Waals surface area contributed by atoms with Gasteiger partial charge in [0.2, 0.25) is 0 Å². The molecule has 5 rings (SSSR count). The Morgan fingerprint density at radius 2 is 1.61 bits per heavy atom. The first kappa shape index (κ1) is 20.9. The fourth-order valence-corrected chi connectivity index (χ4v) is 4.26. The van der Waals surface area contributed by atoms with Gasteiger partial charge < -0.3 is 14.5 Å². The van der Waals surface area contributed by atoms with Crippen molar-refractivity contribution in [2.75, 3.05) is 5.32 Å². The van der Waals surface area contributed by atoms with Crippen molar-refractivity contribution in [1.82, 2.24) is 0 Å². The third-order valence-corrected chi connectivity index (χ3v) is 5.93. The van der Waals surface area contributed by atoms with Gasteiger partial charge in [0.25, 0.3) is 5.91 Å². The maximum atomic E-state index is 13.4. The van der Waals surface area contributed by atoms with Gasteiger partial charge in [-0.05, 0) is 67.9 Å². The van der Waals surface area contributed by atoms with Crippen LogP contribution in [0.5, 0.6) is 5.75 Å². The number of furan rings is 1. The number of Topliss-reactive ketones (excluding diaryl/α,β-unsaturated/α-hetero) is 1. The Balaban J connectivity index is 1.53. The minimum atomic E-state index is -0.952. The molecule has 0 saturated heterocycles. The molecule has 1 aromatic heterocycles. The molecular weight excluding hydrogens is 428 g/mol. The molecule has 0 fully saturated rings. The van der Waals surface area contributed by atoms with Crippen molar-refractivity contribution < 1.29 is 27.5 Å². The first-order valence-electron chi connectivity index (χ1n) is 10.4. The number of amides is 1. The van der Waals surface area contributed by atoms with Gasteiger partial charge in [0.05, 0.1) is 12.0 Å². The maximum absolute atomic E-state index is 13.4. The van der Waals surface area contributed by atoms with Crippen molar-refractivity contribution in [2.24, 2.45) is 0 Å². The van der Waals surface area contributed by atoms with Crippen molar-refractivity contribution in [3.8, 4) is 5.75 Å². The van der Waals surface area contributed by atoms with Gasteiger partial charge in [-0.3, -0.25) is 9.59 Å². The monoisotopic (exact) mass is 447 g/mol. The molecule has 1 aliphatic rings. The van der Waals surface area contributed by atoms with E-state index in [4.69, 9.17) is 9.15 Å². The average Bonchev–Trinajstić information content (AvgIpc) is 3.12. The number of hydrogen-bond acceptors (Lipinski definition) is 4. The number of aryl methyl sites for hydroxylation is 1. The van der Waals surface area contributed by atoms with Crippen LogP contribution in [-0.4, -0.2) is 11.7 Å². The first-order valence-corrected chi connectivity index (χ1v) is 10.4. The van der Waals surface area contributed by atoms with Gasteiger partial charge in [-0.25, -0.2) is 8.78 Å². The second-order valence-electron chi connectivity index (χ2n) is 8.27. The lowest BCUT2D eigenvalue weighted by Gasteiger charge is -2.35. The van der Waals surface area contributed by atoms with Gasteiger partial charge in [-0.2, -0.15) is 0 Å². The van der Waals surface area contributed by atoms with Crippen LogP contribution in [-0.2, 0) is 5.60 Å². The zero-order valence-corrected chi connectivity index (χ0v) is 17.9. The second-order valence-corrected chi connectivity index (χ2v) is 8.27. The largest absolute Gasteiger partial charge is 0.482 e.